The molecule has 0 fully saturated rings. The third-order valence-corrected chi connectivity index (χ3v) is 8.23. The molecule has 2 aromatic heterocycles. The van der Waals surface area contributed by atoms with E-state index in [1.807, 2.05) is 59.5 Å². The molecule has 4 aromatic rings. The quantitative estimate of drug-likeness (QED) is 0.0893. The first-order valence-electron chi connectivity index (χ1n) is 14.2. The van der Waals surface area contributed by atoms with Gasteiger partial charge in [-0.1, -0.05) is 6.07 Å². The van der Waals surface area contributed by atoms with Crippen molar-refractivity contribution in [1.82, 2.24) is 14.9 Å². The summed E-state index contributed by atoms with van der Waals surface area (Å²) in [6.07, 6.45) is 3.80. The number of aryl methyl sites for hydroxylation is 1. The lowest BCUT2D eigenvalue weighted by atomic mass is 10.0. The number of carbonyl (C=O) groups is 1. The Bertz CT molecular complexity index is 1540. The summed E-state index contributed by atoms with van der Waals surface area (Å²) in [4.78, 5) is 20.8. The summed E-state index contributed by atoms with van der Waals surface area (Å²) < 4.78 is 2.16. The van der Waals surface area contributed by atoms with E-state index in [0.29, 0.717) is 38.4 Å². The number of aliphatic hydroxyl groups is 2. The van der Waals surface area contributed by atoms with Crippen LogP contribution in [0.2, 0.25) is 0 Å². The number of benzene rings is 2. The van der Waals surface area contributed by atoms with Crippen LogP contribution in [0.5, 0.6) is 0 Å². The van der Waals surface area contributed by atoms with E-state index >= 15 is 0 Å². The topological polar surface area (TPSA) is 193 Å². The molecule has 1 atom stereocenters. The summed E-state index contributed by atoms with van der Waals surface area (Å²) >= 11 is 1.49. The van der Waals surface area contributed by atoms with Gasteiger partial charge in [0, 0.05) is 54.8 Å². The minimum Gasteiger partial charge on any atom is -0.405 e. The van der Waals surface area contributed by atoms with Gasteiger partial charge in [0.15, 0.2) is 0 Å². The fourth-order valence-electron chi connectivity index (χ4n) is 5.02. The van der Waals surface area contributed by atoms with Crippen LogP contribution in [0.4, 0.5) is 5.69 Å². The van der Waals surface area contributed by atoms with Gasteiger partial charge in [-0.15, -0.1) is 11.3 Å². The summed E-state index contributed by atoms with van der Waals surface area (Å²) in [7, 11) is 0. The van der Waals surface area contributed by atoms with Crippen LogP contribution in [0.15, 0.2) is 66.9 Å². The first kappa shape index (κ1) is 31.9. The van der Waals surface area contributed by atoms with Crippen LogP contribution >= 0.6 is 11.3 Å². The van der Waals surface area contributed by atoms with Crippen LogP contribution in [0.3, 0.4) is 0 Å². The Morgan fingerprint density at radius 1 is 1.12 bits per heavy atom. The number of aromatic nitrogens is 2. The lowest BCUT2D eigenvalue weighted by molar-refractivity contribution is -0.118. The van der Waals surface area contributed by atoms with Crippen LogP contribution in [-0.4, -0.2) is 64.2 Å². The summed E-state index contributed by atoms with van der Waals surface area (Å²) in [5.41, 5.74) is 21.8. The molecule has 1 amide bonds. The number of imidazole rings is 1. The molecule has 10 N–H and O–H groups in total. The summed E-state index contributed by atoms with van der Waals surface area (Å²) in [6, 6.07) is 17.5. The average molecular weight is 605 g/mol. The van der Waals surface area contributed by atoms with Gasteiger partial charge in [-0.2, -0.15) is 0 Å². The van der Waals surface area contributed by atoms with Crippen molar-refractivity contribution >= 4 is 39.7 Å². The average Bonchev–Trinajstić information content (AvgIpc) is 3.63. The normalized spacial score (nSPS) is 12.3. The van der Waals surface area contributed by atoms with E-state index < -0.39 is 5.91 Å². The number of allylic oxidation sites excluding steroid dienone is 1. The number of hydrogen-bond donors (Lipinski definition) is 7. The Kier molecular flexibility index (Phi) is 11.4. The van der Waals surface area contributed by atoms with Crippen LogP contribution in [0, 0.1) is 5.41 Å². The van der Waals surface area contributed by atoms with Gasteiger partial charge in [0.25, 0.3) is 0 Å². The molecule has 2 aromatic carbocycles. The second-order valence-corrected chi connectivity index (χ2v) is 11.3. The van der Waals surface area contributed by atoms with E-state index in [1.165, 1.54) is 17.5 Å². The lowest BCUT2D eigenvalue weighted by Gasteiger charge is -2.23. The third-order valence-electron chi connectivity index (χ3n) is 7.11. The predicted octanol–water partition coefficient (Wildman–Crippen LogP) is 2.45. The van der Waals surface area contributed by atoms with E-state index in [1.54, 1.807) is 6.08 Å². The second kappa shape index (κ2) is 15.4. The van der Waals surface area contributed by atoms with Crippen LogP contribution in [-0.2, 0) is 17.9 Å². The maximum atomic E-state index is 12.0. The first-order valence-corrected chi connectivity index (χ1v) is 15.0. The fraction of sp³-hybridized carbons (Fsp3) is 0.323. The molecule has 4 rings (SSSR count). The predicted molar refractivity (Wildman–Crippen MR) is 173 cm³/mol. The summed E-state index contributed by atoms with van der Waals surface area (Å²) in [5.74, 6) is 0.396. The number of carbonyl (C=O) groups excluding carboxylic acids is 1. The van der Waals surface area contributed by atoms with Crippen molar-refractivity contribution in [2.24, 2.45) is 17.2 Å². The Morgan fingerprint density at radius 2 is 1.86 bits per heavy atom. The Balaban J connectivity index is 1.63. The van der Waals surface area contributed by atoms with Gasteiger partial charge < -0.3 is 42.2 Å². The number of fused-ring (bicyclic) bond motifs is 1. The molecule has 0 aliphatic rings. The van der Waals surface area contributed by atoms with Crippen molar-refractivity contribution in [2.75, 3.05) is 37.7 Å². The molecule has 0 saturated carbocycles. The van der Waals surface area contributed by atoms with E-state index in [-0.39, 0.29) is 25.7 Å². The number of thiophene rings is 1. The van der Waals surface area contributed by atoms with Crippen molar-refractivity contribution in [1.29, 1.82) is 5.41 Å². The van der Waals surface area contributed by atoms with Crippen molar-refractivity contribution in [3.63, 3.8) is 0 Å². The molecule has 1 unspecified atom stereocenters. The highest BCUT2D eigenvalue weighted by molar-refractivity contribution is 7.14. The number of nitrogens with one attached hydrogen (secondary N) is 2. The number of amides is 1. The van der Waals surface area contributed by atoms with Crippen molar-refractivity contribution in [3.05, 3.63) is 82.2 Å². The molecule has 43 heavy (non-hydrogen) atoms. The number of rotatable bonds is 17. The zero-order chi connectivity index (χ0) is 30.8. The summed E-state index contributed by atoms with van der Waals surface area (Å²) in [5, 5.41) is 30.4. The van der Waals surface area contributed by atoms with Crippen molar-refractivity contribution < 1.29 is 15.0 Å². The molecule has 0 radical (unpaired) electrons. The number of hydrogen-bond acceptors (Lipinski definition) is 10. The van der Waals surface area contributed by atoms with Gasteiger partial charge >= 0.3 is 0 Å². The molecule has 0 aliphatic carbocycles. The zero-order valence-corrected chi connectivity index (χ0v) is 24.9. The zero-order valence-electron chi connectivity index (χ0n) is 24.1. The number of aliphatic hydroxyl groups excluding tert-OH is 2. The largest absolute Gasteiger partial charge is 0.405 e. The van der Waals surface area contributed by atoms with Crippen LogP contribution in [0.1, 0.15) is 34.2 Å². The lowest BCUT2D eigenvalue weighted by Crippen LogP contribution is -2.29. The SMILES string of the molecule is N=C(C=CN)c1ccc(CNC(CC(N)=O)c2ccc3c(c2)nc(-c2ccc(N(CCO)CCO)cc2)n3CCCN)s1. The highest BCUT2D eigenvalue weighted by Gasteiger charge is 2.19. The number of anilines is 1. The third kappa shape index (κ3) is 8.06. The molecule has 0 saturated heterocycles. The minimum absolute atomic E-state index is 0.00393. The van der Waals surface area contributed by atoms with Gasteiger partial charge in [-0.3, -0.25) is 10.2 Å². The molecule has 11 nitrogen and oxygen atoms in total. The van der Waals surface area contributed by atoms with Crippen molar-refractivity contribution in [3.8, 4) is 11.4 Å². The van der Waals surface area contributed by atoms with E-state index in [0.717, 1.165) is 49.8 Å². The van der Waals surface area contributed by atoms with E-state index in [9.17, 15) is 15.0 Å². The van der Waals surface area contributed by atoms with Crippen molar-refractivity contribution in [2.45, 2.75) is 32.0 Å². The number of nitrogens with zero attached hydrogens (tertiary/aromatic N) is 3. The standard InChI is InChI=1S/C31H40N8O3S/c32-11-1-13-39-28-8-4-22(26(19-30(35)42)36-20-24-7-9-29(43-24)25(34)10-12-33)18-27(28)37-31(39)21-2-5-23(6-3-21)38(14-16-40)15-17-41/h2-10,12,18,26,34,36,40-41H,1,11,13-17,19-20,32-33H2,(H2,35,42). The monoisotopic (exact) mass is 604 g/mol. The van der Waals surface area contributed by atoms with E-state index in [4.69, 9.17) is 27.6 Å². The maximum absolute atomic E-state index is 12.0. The molecule has 228 valence electrons. The molecule has 12 heteroatoms. The Labute approximate surface area is 255 Å². The highest BCUT2D eigenvalue weighted by Crippen LogP contribution is 2.30. The number of nitrogens with two attached hydrogens (primary N) is 3. The molecular formula is C31H40N8O3S. The van der Waals surface area contributed by atoms with Crippen LogP contribution in [0.25, 0.3) is 22.4 Å². The van der Waals surface area contributed by atoms with Gasteiger partial charge in [0.05, 0.1) is 34.8 Å². The molecule has 2 heterocycles. The second-order valence-electron chi connectivity index (χ2n) is 10.1. The van der Waals surface area contributed by atoms with Gasteiger partial charge in [0.2, 0.25) is 5.91 Å². The first-order chi connectivity index (χ1) is 20.9. The summed E-state index contributed by atoms with van der Waals surface area (Å²) in [6.45, 7) is 2.61. The molecule has 0 spiro atoms. The van der Waals surface area contributed by atoms with E-state index in [2.05, 4.69) is 9.88 Å². The van der Waals surface area contributed by atoms with Gasteiger partial charge in [-0.25, -0.2) is 4.98 Å². The Hall–Kier alpha value is -4.07. The Morgan fingerprint density at radius 3 is 2.51 bits per heavy atom. The van der Waals surface area contributed by atoms with Gasteiger partial charge in [-0.05, 0) is 79.3 Å². The molecular weight excluding hydrogens is 564 g/mol. The smallest absolute Gasteiger partial charge is 0.219 e. The number of primary amides is 1. The maximum Gasteiger partial charge on any atom is 0.219 e. The highest BCUT2D eigenvalue weighted by atomic mass is 32.1. The molecule has 0 aliphatic heterocycles. The van der Waals surface area contributed by atoms with Crippen LogP contribution < -0.4 is 27.4 Å². The molecule has 0 bridgehead atoms. The van der Waals surface area contributed by atoms with Gasteiger partial charge in [0.1, 0.15) is 5.82 Å². The fourth-order valence-corrected chi connectivity index (χ4v) is 5.91. The minimum atomic E-state index is -0.412.